The zero-order valence-corrected chi connectivity index (χ0v) is 16.3. The van der Waals surface area contributed by atoms with Gasteiger partial charge < -0.3 is 20.3 Å². The summed E-state index contributed by atoms with van der Waals surface area (Å²) in [6, 6.07) is 4.06. The van der Waals surface area contributed by atoms with Gasteiger partial charge in [0.1, 0.15) is 5.82 Å². The Morgan fingerprint density at radius 3 is 2.68 bits per heavy atom. The number of hydrogen-bond acceptors (Lipinski definition) is 5. The van der Waals surface area contributed by atoms with E-state index in [2.05, 4.69) is 20.5 Å². The van der Waals surface area contributed by atoms with E-state index in [1.165, 1.54) is 0 Å². The summed E-state index contributed by atoms with van der Waals surface area (Å²) in [6.45, 7) is 6.70. The molecule has 142 valence electrons. The van der Waals surface area contributed by atoms with Gasteiger partial charge >= 0.3 is 0 Å². The zero-order valence-electron chi connectivity index (χ0n) is 14.6. The summed E-state index contributed by atoms with van der Waals surface area (Å²) in [5.41, 5.74) is 0.592. The van der Waals surface area contributed by atoms with E-state index >= 15 is 0 Å². The molecule has 2 aliphatic heterocycles. The van der Waals surface area contributed by atoms with Crippen molar-refractivity contribution >= 4 is 36.5 Å². The van der Waals surface area contributed by atoms with Gasteiger partial charge in [-0.3, -0.25) is 4.79 Å². The summed E-state index contributed by atoms with van der Waals surface area (Å²) in [7, 11) is 0. The Balaban J connectivity index is 0.00000156. The maximum absolute atomic E-state index is 12.4. The summed E-state index contributed by atoms with van der Waals surface area (Å²) in [6.07, 6.45) is 5.00. The van der Waals surface area contributed by atoms with Crippen LogP contribution in [0.25, 0.3) is 0 Å². The molecule has 1 aromatic heterocycles. The second-order valence-electron chi connectivity index (χ2n) is 6.52. The van der Waals surface area contributed by atoms with E-state index < -0.39 is 5.54 Å². The van der Waals surface area contributed by atoms with E-state index in [0.717, 1.165) is 63.5 Å². The third kappa shape index (κ3) is 5.71. The normalized spacial score (nSPS) is 23.2. The fraction of sp³-hybridized carbons (Fsp3) is 0.647. The van der Waals surface area contributed by atoms with E-state index in [4.69, 9.17) is 4.74 Å². The molecule has 0 aromatic carbocycles. The lowest BCUT2D eigenvalue weighted by molar-refractivity contribution is -0.128. The van der Waals surface area contributed by atoms with Gasteiger partial charge in [-0.25, -0.2) is 4.98 Å². The largest absolute Gasteiger partial charge is 0.378 e. The molecule has 25 heavy (non-hydrogen) atoms. The van der Waals surface area contributed by atoms with Crippen LogP contribution in [-0.2, 0) is 16.1 Å². The summed E-state index contributed by atoms with van der Waals surface area (Å²) in [5, 5.41) is 6.37. The molecule has 3 heterocycles. The van der Waals surface area contributed by atoms with E-state index in [1.54, 1.807) is 0 Å². The van der Waals surface area contributed by atoms with Crippen molar-refractivity contribution in [3.63, 3.8) is 0 Å². The number of pyridine rings is 1. The van der Waals surface area contributed by atoms with Crippen molar-refractivity contribution in [2.24, 2.45) is 0 Å². The molecule has 2 fully saturated rings. The van der Waals surface area contributed by atoms with Crippen LogP contribution in [-0.4, -0.2) is 49.3 Å². The lowest BCUT2D eigenvalue weighted by Crippen LogP contribution is -2.56. The number of ether oxygens (including phenoxy) is 1. The number of nitrogens with one attached hydrogen (secondary N) is 2. The van der Waals surface area contributed by atoms with Crippen LogP contribution in [0.2, 0.25) is 0 Å². The van der Waals surface area contributed by atoms with Crippen LogP contribution in [0, 0.1) is 0 Å². The number of nitrogens with zero attached hydrogens (tertiary/aromatic N) is 2. The minimum absolute atomic E-state index is 0. The SMILES string of the molecule is CC1(C(=O)NCc2ccc(N3CCOCC3)nc2)CCCCN1.Cl.Cl. The molecular weight excluding hydrogens is 363 g/mol. The van der Waals surface area contributed by atoms with Crippen LogP contribution in [0.4, 0.5) is 5.82 Å². The number of piperidine rings is 1. The van der Waals surface area contributed by atoms with Crippen molar-refractivity contribution in [2.75, 3.05) is 37.7 Å². The number of morpholine rings is 1. The van der Waals surface area contributed by atoms with Crippen LogP contribution in [0.3, 0.4) is 0 Å². The summed E-state index contributed by atoms with van der Waals surface area (Å²) >= 11 is 0. The third-order valence-electron chi connectivity index (χ3n) is 4.72. The predicted molar refractivity (Wildman–Crippen MR) is 104 cm³/mol. The van der Waals surface area contributed by atoms with Crippen molar-refractivity contribution < 1.29 is 9.53 Å². The van der Waals surface area contributed by atoms with Crippen LogP contribution in [0.15, 0.2) is 18.3 Å². The fourth-order valence-electron chi connectivity index (χ4n) is 3.13. The predicted octanol–water partition coefficient (Wildman–Crippen LogP) is 1.91. The average Bonchev–Trinajstić information content (AvgIpc) is 2.61. The first-order valence-corrected chi connectivity index (χ1v) is 8.48. The van der Waals surface area contributed by atoms with Crippen molar-refractivity contribution in [2.45, 2.75) is 38.3 Å². The van der Waals surface area contributed by atoms with Gasteiger partial charge in [0.25, 0.3) is 0 Å². The summed E-state index contributed by atoms with van der Waals surface area (Å²) < 4.78 is 5.35. The molecule has 0 bridgehead atoms. The maximum Gasteiger partial charge on any atom is 0.240 e. The molecule has 1 aromatic rings. The molecule has 2 aliphatic rings. The van der Waals surface area contributed by atoms with E-state index in [0.29, 0.717) is 6.54 Å². The molecule has 1 unspecified atom stereocenters. The topological polar surface area (TPSA) is 66.5 Å². The third-order valence-corrected chi connectivity index (χ3v) is 4.72. The molecule has 1 atom stereocenters. The summed E-state index contributed by atoms with van der Waals surface area (Å²) in [4.78, 5) is 19.1. The Hall–Kier alpha value is -1.08. The molecule has 6 nitrogen and oxygen atoms in total. The lowest BCUT2D eigenvalue weighted by Gasteiger charge is -2.33. The zero-order chi connectivity index (χ0) is 16.1. The highest BCUT2D eigenvalue weighted by atomic mass is 35.5. The Morgan fingerprint density at radius 1 is 1.32 bits per heavy atom. The molecule has 0 saturated carbocycles. The van der Waals surface area contributed by atoms with Crippen LogP contribution in [0.5, 0.6) is 0 Å². The molecule has 0 spiro atoms. The molecule has 0 aliphatic carbocycles. The Bertz CT molecular complexity index is 530. The second-order valence-corrected chi connectivity index (χ2v) is 6.52. The number of carbonyl (C=O) groups excluding carboxylic acids is 1. The molecule has 8 heteroatoms. The van der Waals surface area contributed by atoms with Gasteiger partial charge in [-0.15, -0.1) is 24.8 Å². The molecular formula is C17H28Cl2N4O2. The molecule has 0 radical (unpaired) electrons. The number of rotatable bonds is 4. The molecule has 1 amide bonds. The van der Waals surface area contributed by atoms with Crippen molar-refractivity contribution in [3.8, 4) is 0 Å². The van der Waals surface area contributed by atoms with Crippen LogP contribution >= 0.6 is 24.8 Å². The Kier molecular flexibility index (Phi) is 8.93. The van der Waals surface area contributed by atoms with Crippen LogP contribution in [0.1, 0.15) is 31.7 Å². The quantitative estimate of drug-likeness (QED) is 0.821. The number of anilines is 1. The van der Waals surface area contributed by atoms with Gasteiger partial charge in [-0.2, -0.15) is 0 Å². The van der Waals surface area contributed by atoms with Gasteiger partial charge in [0.05, 0.1) is 18.8 Å². The van der Waals surface area contributed by atoms with E-state index in [1.807, 2.05) is 25.3 Å². The highest BCUT2D eigenvalue weighted by Crippen LogP contribution is 2.19. The van der Waals surface area contributed by atoms with Crippen molar-refractivity contribution in [3.05, 3.63) is 23.9 Å². The maximum atomic E-state index is 12.4. The Morgan fingerprint density at radius 2 is 2.08 bits per heavy atom. The number of aromatic nitrogens is 1. The molecule has 2 N–H and O–H groups in total. The van der Waals surface area contributed by atoms with Crippen molar-refractivity contribution in [1.82, 2.24) is 15.6 Å². The lowest BCUT2D eigenvalue weighted by atomic mass is 9.90. The van der Waals surface area contributed by atoms with E-state index in [9.17, 15) is 4.79 Å². The minimum atomic E-state index is -0.431. The number of hydrogen-bond donors (Lipinski definition) is 2. The summed E-state index contributed by atoms with van der Waals surface area (Å²) in [5.74, 6) is 1.05. The monoisotopic (exact) mass is 390 g/mol. The first-order chi connectivity index (χ1) is 11.2. The highest BCUT2D eigenvalue weighted by molar-refractivity contribution is 5.86. The van der Waals surface area contributed by atoms with Gasteiger partial charge in [0.15, 0.2) is 0 Å². The number of carbonyl (C=O) groups is 1. The highest BCUT2D eigenvalue weighted by Gasteiger charge is 2.33. The first kappa shape index (κ1) is 22.0. The smallest absolute Gasteiger partial charge is 0.240 e. The van der Waals surface area contributed by atoms with Gasteiger partial charge in [0.2, 0.25) is 5.91 Å². The van der Waals surface area contributed by atoms with Gasteiger partial charge in [0, 0.05) is 25.8 Å². The van der Waals surface area contributed by atoms with Gasteiger partial charge in [-0.05, 0) is 44.4 Å². The van der Waals surface area contributed by atoms with Crippen LogP contribution < -0.4 is 15.5 Å². The van der Waals surface area contributed by atoms with E-state index in [-0.39, 0.29) is 30.7 Å². The molecule has 3 rings (SSSR count). The fourth-order valence-corrected chi connectivity index (χ4v) is 3.13. The standard InChI is InChI=1S/C17H26N4O2.2ClH/c1-17(6-2-3-7-20-17)16(22)19-13-14-4-5-15(18-12-14)21-8-10-23-11-9-21;;/h4-5,12,20H,2-3,6-11,13H2,1H3,(H,19,22);2*1H. The number of amides is 1. The average molecular weight is 391 g/mol. The van der Waals surface area contributed by atoms with Gasteiger partial charge in [-0.1, -0.05) is 6.07 Å². The number of halogens is 2. The Labute approximate surface area is 161 Å². The first-order valence-electron chi connectivity index (χ1n) is 8.48. The van der Waals surface area contributed by atoms with Crippen molar-refractivity contribution in [1.29, 1.82) is 0 Å². The second kappa shape index (κ2) is 10.2. The molecule has 2 saturated heterocycles. The minimum Gasteiger partial charge on any atom is -0.378 e.